The second-order valence-electron chi connectivity index (χ2n) is 5.35. The van der Waals surface area contributed by atoms with Crippen LogP contribution in [0.4, 0.5) is 0 Å². The highest BCUT2D eigenvalue weighted by molar-refractivity contribution is 5.20. The summed E-state index contributed by atoms with van der Waals surface area (Å²) < 4.78 is 0. The average molecular weight is 232 g/mol. The predicted molar refractivity (Wildman–Crippen MR) is 77.4 cm³/mol. The molecule has 0 nitrogen and oxygen atoms in total. The first-order valence-electron chi connectivity index (χ1n) is 7.28. The van der Waals surface area contributed by atoms with E-state index in [0.29, 0.717) is 5.41 Å². The van der Waals surface area contributed by atoms with Gasteiger partial charge >= 0.3 is 0 Å². The van der Waals surface area contributed by atoms with Crippen LogP contribution < -0.4 is 0 Å². The third-order valence-electron chi connectivity index (χ3n) is 4.32. The molecular formula is C17H28. The van der Waals surface area contributed by atoms with Gasteiger partial charge in [0.25, 0.3) is 0 Å². The highest BCUT2D eigenvalue weighted by Gasteiger charge is 2.29. The average Bonchev–Trinajstić information content (AvgIpc) is 2.43. The molecule has 17 heavy (non-hydrogen) atoms. The van der Waals surface area contributed by atoms with E-state index in [-0.39, 0.29) is 0 Å². The minimum Gasteiger partial charge on any atom is -0.0683 e. The van der Waals surface area contributed by atoms with Crippen LogP contribution in [0.25, 0.3) is 0 Å². The van der Waals surface area contributed by atoms with E-state index in [2.05, 4.69) is 44.2 Å². The fourth-order valence-electron chi connectivity index (χ4n) is 2.73. The molecule has 0 bridgehead atoms. The van der Waals surface area contributed by atoms with Crippen molar-refractivity contribution in [1.82, 2.24) is 0 Å². The molecule has 0 heteroatoms. The van der Waals surface area contributed by atoms with E-state index in [1.54, 1.807) is 5.56 Å². The lowest BCUT2D eigenvalue weighted by molar-refractivity contribution is 0.191. The van der Waals surface area contributed by atoms with Gasteiger partial charge < -0.3 is 0 Å². The SMILES string of the molecule is CC.CCC1(C)CCC(c2ccccc2)CC1. The fraction of sp³-hybridized carbons (Fsp3) is 0.647. The Morgan fingerprint density at radius 2 is 1.59 bits per heavy atom. The Morgan fingerprint density at radius 3 is 2.06 bits per heavy atom. The first kappa shape index (κ1) is 14.3. The van der Waals surface area contributed by atoms with Crippen molar-refractivity contribution in [2.24, 2.45) is 5.41 Å². The monoisotopic (exact) mass is 232 g/mol. The first-order valence-corrected chi connectivity index (χ1v) is 7.28. The lowest BCUT2D eigenvalue weighted by Crippen LogP contribution is -2.22. The topological polar surface area (TPSA) is 0 Å². The molecule has 0 aromatic heterocycles. The fourth-order valence-corrected chi connectivity index (χ4v) is 2.73. The molecule has 0 radical (unpaired) electrons. The van der Waals surface area contributed by atoms with Gasteiger partial charge in [0.05, 0.1) is 0 Å². The predicted octanol–water partition coefficient (Wildman–Crippen LogP) is 5.79. The second kappa shape index (κ2) is 6.83. The zero-order valence-corrected chi connectivity index (χ0v) is 12.0. The van der Waals surface area contributed by atoms with E-state index in [9.17, 15) is 0 Å². The van der Waals surface area contributed by atoms with Crippen LogP contribution in [0.2, 0.25) is 0 Å². The molecule has 0 spiro atoms. The lowest BCUT2D eigenvalue weighted by atomic mass is 9.69. The summed E-state index contributed by atoms with van der Waals surface area (Å²) in [6.07, 6.45) is 6.92. The number of hydrogen-bond acceptors (Lipinski definition) is 0. The van der Waals surface area contributed by atoms with E-state index in [1.807, 2.05) is 13.8 Å². The zero-order valence-electron chi connectivity index (χ0n) is 12.0. The Labute approximate surface area is 107 Å². The van der Waals surface area contributed by atoms with Crippen molar-refractivity contribution in [1.29, 1.82) is 0 Å². The van der Waals surface area contributed by atoms with Crippen molar-refractivity contribution in [3.8, 4) is 0 Å². The van der Waals surface area contributed by atoms with Gasteiger partial charge in [-0.15, -0.1) is 0 Å². The molecule has 0 heterocycles. The normalized spacial score (nSPS) is 28.1. The standard InChI is InChI=1S/C15H22.C2H6/c1-3-15(2)11-9-14(10-12-15)13-7-5-4-6-8-13;1-2/h4-8,14H,3,9-12H2,1-2H3;1-2H3. The summed E-state index contributed by atoms with van der Waals surface area (Å²) in [4.78, 5) is 0. The smallest absolute Gasteiger partial charge is 0.0162 e. The van der Waals surface area contributed by atoms with Crippen molar-refractivity contribution in [3.63, 3.8) is 0 Å². The van der Waals surface area contributed by atoms with E-state index in [4.69, 9.17) is 0 Å². The van der Waals surface area contributed by atoms with Crippen LogP contribution in [0.1, 0.15) is 71.3 Å². The highest BCUT2D eigenvalue weighted by atomic mass is 14.3. The number of hydrogen-bond donors (Lipinski definition) is 0. The molecule has 0 N–H and O–H groups in total. The molecule has 0 amide bonds. The summed E-state index contributed by atoms with van der Waals surface area (Å²) >= 11 is 0. The van der Waals surface area contributed by atoms with E-state index in [1.165, 1.54) is 32.1 Å². The van der Waals surface area contributed by atoms with Gasteiger partial charge in [0.15, 0.2) is 0 Å². The van der Waals surface area contributed by atoms with E-state index >= 15 is 0 Å². The maximum atomic E-state index is 2.45. The molecule has 0 saturated heterocycles. The van der Waals surface area contributed by atoms with Gasteiger partial charge in [0.1, 0.15) is 0 Å². The van der Waals surface area contributed by atoms with Crippen molar-refractivity contribution < 1.29 is 0 Å². The van der Waals surface area contributed by atoms with Crippen LogP contribution in [-0.2, 0) is 0 Å². The third kappa shape index (κ3) is 3.87. The number of benzene rings is 1. The Kier molecular flexibility index (Phi) is 5.74. The number of rotatable bonds is 2. The van der Waals surface area contributed by atoms with Crippen LogP contribution >= 0.6 is 0 Å². The Hall–Kier alpha value is -0.780. The molecule has 1 fully saturated rings. The lowest BCUT2D eigenvalue weighted by Gasteiger charge is -2.36. The summed E-state index contributed by atoms with van der Waals surface area (Å²) in [5.74, 6) is 0.825. The van der Waals surface area contributed by atoms with Crippen molar-refractivity contribution in [2.45, 2.75) is 65.7 Å². The molecule has 1 saturated carbocycles. The Balaban J connectivity index is 0.000000686. The van der Waals surface area contributed by atoms with Gasteiger partial charge in [-0.3, -0.25) is 0 Å². The quantitative estimate of drug-likeness (QED) is 0.605. The van der Waals surface area contributed by atoms with Gasteiger partial charge in [-0.2, -0.15) is 0 Å². The summed E-state index contributed by atoms with van der Waals surface area (Å²) in [6, 6.07) is 11.0. The van der Waals surface area contributed by atoms with Crippen LogP contribution in [0, 0.1) is 5.41 Å². The molecule has 1 aromatic rings. The van der Waals surface area contributed by atoms with Crippen molar-refractivity contribution >= 4 is 0 Å². The van der Waals surface area contributed by atoms with Gasteiger partial charge in [-0.1, -0.05) is 64.4 Å². The Morgan fingerprint density at radius 1 is 1.06 bits per heavy atom. The minimum absolute atomic E-state index is 0.630. The molecule has 96 valence electrons. The molecule has 1 aliphatic rings. The molecule has 1 aliphatic carbocycles. The zero-order chi connectivity index (χ0) is 12.7. The van der Waals surface area contributed by atoms with Gasteiger partial charge in [-0.05, 0) is 42.6 Å². The van der Waals surface area contributed by atoms with Crippen LogP contribution in [0.15, 0.2) is 30.3 Å². The molecule has 2 rings (SSSR count). The minimum atomic E-state index is 0.630. The van der Waals surface area contributed by atoms with Gasteiger partial charge in [0, 0.05) is 0 Å². The van der Waals surface area contributed by atoms with Gasteiger partial charge in [-0.25, -0.2) is 0 Å². The summed E-state index contributed by atoms with van der Waals surface area (Å²) in [5.41, 5.74) is 2.18. The third-order valence-corrected chi connectivity index (χ3v) is 4.32. The summed E-state index contributed by atoms with van der Waals surface area (Å²) in [5, 5.41) is 0. The Bertz CT molecular complexity index is 291. The maximum Gasteiger partial charge on any atom is -0.0162 e. The summed E-state index contributed by atoms with van der Waals surface area (Å²) in [6.45, 7) is 8.79. The second-order valence-corrected chi connectivity index (χ2v) is 5.35. The molecule has 0 unspecified atom stereocenters. The first-order chi connectivity index (χ1) is 8.23. The maximum absolute atomic E-state index is 2.45. The highest BCUT2D eigenvalue weighted by Crippen LogP contribution is 2.44. The van der Waals surface area contributed by atoms with Crippen molar-refractivity contribution in [3.05, 3.63) is 35.9 Å². The van der Waals surface area contributed by atoms with E-state index < -0.39 is 0 Å². The van der Waals surface area contributed by atoms with Crippen molar-refractivity contribution in [2.75, 3.05) is 0 Å². The summed E-state index contributed by atoms with van der Waals surface area (Å²) in [7, 11) is 0. The molecule has 1 aromatic carbocycles. The van der Waals surface area contributed by atoms with Crippen LogP contribution in [0.5, 0.6) is 0 Å². The van der Waals surface area contributed by atoms with Gasteiger partial charge in [0.2, 0.25) is 0 Å². The molecular weight excluding hydrogens is 204 g/mol. The molecule has 0 aliphatic heterocycles. The van der Waals surface area contributed by atoms with Crippen LogP contribution in [0.3, 0.4) is 0 Å². The molecule has 0 atom stereocenters. The largest absolute Gasteiger partial charge is 0.0683 e. The van der Waals surface area contributed by atoms with E-state index in [0.717, 1.165) is 5.92 Å². The van der Waals surface area contributed by atoms with Crippen LogP contribution in [-0.4, -0.2) is 0 Å².